The van der Waals surface area contributed by atoms with E-state index in [-0.39, 0.29) is 5.91 Å². The summed E-state index contributed by atoms with van der Waals surface area (Å²) in [6.45, 7) is 3.02. The Hall–Kier alpha value is -3.94. The van der Waals surface area contributed by atoms with Crippen LogP contribution in [-0.2, 0) is 6.54 Å². The second-order valence-corrected chi connectivity index (χ2v) is 8.91. The largest absolute Gasteiger partial charge is 0.493 e. The zero-order valence-electron chi connectivity index (χ0n) is 19.9. The number of nitrogens with one attached hydrogen (secondary N) is 1. The molecule has 0 atom stereocenters. The van der Waals surface area contributed by atoms with Crippen molar-refractivity contribution >= 4 is 22.8 Å². The molecule has 180 valence electrons. The number of fused-ring (bicyclic) bond motifs is 1. The van der Waals surface area contributed by atoms with Gasteiger partial charge in [0.25, 0.3) is 5.91 Å². The van der Waals surface area contributed by atoms with E-state index in [1.165, 1.54) is 19.2 Å². The van der Waals surface area contributed by atoms with Crippen LogP contribution in [0.15, 0.2) is 54.9 Å². The number of para-hydroxylation sites is 1. The maximum Gasteiger partial charge on any atom is 0.255 e. The first-order valence-electron chi connectivity index (χ1n) is 12.2. The lowest BCUT2D eigenvalue weighted by molar-refractivity contribution is 0.0947. The third-order valence-corrected chi connectivity index (χ3v) is 6.46. The fourth-order valence-corrected chi connectivity index (χ4v) is 4.65. The van der Waals surface area contributed by atoms with Gasteiger partial charge in [-0.1, -0.05) is 56.2 Å². The Morgan fingerprint density at radius 1 is 1.11 bits per heavy atom. The highest BCUT2D eigenvalue weighted by molar-refractivity contribution is 5.98. The Morgan fingerprint density at radius 3 is 2.66 bits per heavy atom. The molecule has 5 rings (SSSR count). The first-order valence-corrected chi connectivity index (χ1v) is 12.2. The summed E-state index contributed by atoms with van der Waals surface area (Å²) in [6.07, 6.45) is 7.01. The van der Waals surface area contributed by atoms with Crippen LogP contribution in [0.5, 0.6) is 5.75 Å². The lowest BCUT2D eigenvalue weighted by Crippen LogP contribution is -2.23. The third kappa shape index (κ3) is 4.69. The number of aromatic nitrogens is 4. The summed E-state index contributed by atoms with van der Waals surface area (Å²) in [6, 6.07) is 15.7. The number of hydrogen-bond donors (Lipinski definition) is 2. The number of nitrogen functional groups attached to an aromatic ring is 1. The number of anilines is 1. The number of rotatable bonds is 8. The number of benzene rings is 2. The molecule has 2 aromatic carbocycles. The molecule has 1 aliphatic rings. The molecule has 0 radical (unpaired) electrons. The molecule has 1 aliphatic carbocycles. The molecule has 1 fully saturated rings. The van der Waals surface area contributed by atoms with Crippen LogP contribution in [0.1, 0.15) is 61.0 Å². The quantitative estimate of drug-likeness (QED) is 0.379. The second-order valence-electron chi connectivity index (χ2n) is 8.91. The van der Waals surface area contributed by atoms with Gasteiger partial charge in [-0.25, -0.2) is 14.6 Å². The van der Waals surface area contributed by atoms with Gasteiger partial charge in [0.05, 0.1) is 23.6 Å². The topological polar surface area (TPSA) is 108 Å². The Balaban J connectivity index is 1.34. The van der Waals surface area contributed by atoms with Gasteiger partial charge >= 0.3 is 0 Å². The van der Waals surface area contributed by atoms with E-state index in [0.717, 1.165) is 47.1 Å². The van der Waals surface area contributed by atoms with Crippen LogP contribution < -0.4 is 15.8 Å². The molecule has 8 heteroatoms. The van der Waals surface area contributed by atoms with Gasteiger partial charge in [0.1, 0.15) is 23.6 Å². The number of amides is 1. The number of nitrogens with zero attached hydrogens (tertiary/aromatic N) is 4. The molecule has 2 heterocycles. The molecule has 3 N–H and O–H groups in total. The maximum absolute atomic E-state index is 12.8. The van der Waals surface area contributed by atoms with Crippen molar-refractivity contribution in [3.8, 4) is 17.0 Å². The fourth-order valence-electron chi connectivity index (χ4n) is 4.65. The van der Waals surface area contributed by atoms with E-state index in [9.17, 15) is 4.79 Å². The molecule has 1 amide bonds. The van der Waals surface area contributed by atoms with Crippen molar-refractivity contribution in [1.82, 2.24) is 25.1 Å². The number of ether oxygens (including phenoxy) is 1. The van der Waals surface area contributed by atoms with Crippen LogP contribution in [-0.4, -0.2) is 32.3 Å². The SMILES string of the molecule is CCCOc1ccccc1C(=O)NCc1ccc(-c2nn(C3CCCC3)c3ncnc(N)c23)cc1. The van der Waals surface area contributed by atoms with Crippen LogP contribution in [0.4, 0.5) is 5.82 Å². The molecule has 35 heavy (non-hydrogen) atoms. The predicted octanol–water partition coefficient (Wildman–Crippen LogP) is 4.91. The van der Waals surface area contributed by atoms with Crippen LogP contribution in [0.3, 0.4) is 0 Å². The van der Waals surface area contributed by atoms with E-state index >= 15 is 0 Å². The van der Waals surface area contributed by atoms with Crippen LogP contribution in [0.25, 0.3) is 22.3 Å². The fraction of sp³-hybridized carbons (Fsp3) is 0.333. The zero-order chi connectivity index (χ0) is 24.2. The van der Waals surface area contributed by atoms with Gasteiger partial charge in [-0.3, -0.25) is 4.79 Å². The molecule has 0 bridgehead atoms. The van der Waals surface area contributed by atoms with Crippen LogP contribution in [0, 0.1) is 0 Å². The molecular formula is C27H30N6O2. The van der Waals surface area contributed by atoms with Gasteiger partial charge in [-0.2, -0.15) is 5.10 Å². The van der Waals surface area contributed by atoms with E-state index < -0.39 is 0 Å². The normalized spacial score (nSPS) is 13.9. The number of carbonyl (C=O) groups excluding carboxylic acids is 1. The molecular weight excluding hydrogens is 440 g/mol. The van der Waals surface area contributed by atoms with Gasteiger partial charge in [0, 0.05) is 12.1 Å². The lowest BCUT2D eigenvalue weighted by Gasteiger charge is -2.11. The van der Waals surface area contributed by atoms with Gasteiger partial charge in [-0.15, -0.1) is 0 Å². The van der Waals surface area contributed by atoms with E-state index in [2.05, 4.69) is 15.3 Å². The Labute approximate surface area is 204 Å². The van der Waals surface area contributed by atoms with E-state index in [1.54, 1.807) is 6.07 Å². The molecule has 0 unspecified atom stereocenters. The Kier molecular flexibility index (Phi) is 6.61. The Morgan fingerprint density at radius 2 is 1.89 bits per heavy atom. The smallest absolute Gasteiger partial charge is 0.255 e. The first kappa shape index (κ1) is 22.8. The summed E-state index contributed by atoms with van der Waals surface area (Å²) in [4.78, 5) is 21.5. The number of hydrogen-bond acceptors (Lipinski definition) is 6. The van der Waals surface area contributed by atoms with Crippen molar-refractivity contribution in [2.75, 3.05) is 12.3 Å². The van der Waals surface area contributed by atoms with Crippen molar-refractivity contribution in [2.24, 2.45) is 0 Å². The summed E-state index contributed by atoms with van der Waals surface area (Å²) in [5.41, 5.74) is 10.3. The predicted molar refractivity (Wildman–Crippen MR) is 136 cm³/mol. The van der Waals surface area contributed by atoms with Gasteiger partial charge in [0.2, 0.25) is 0 Å². The van der Waals surface area contributed by atoms with Crippen molar-refractivity contribution in [1.29, 1.82) is 0 Å². The summed E-state index contributed by atoms with van der Waals surface area (Å²) in [5.74, 6) is 0.883. The van der Waals surface area contributed by atoms with Crippen LogP contribution >= 0.6 is 0 Å². The highest BCUT2D eigenvalue weighted by Gasteiger charge is 2.24. The van der Waals surface area contributed by atoms with Gasteiger partial charge in [-0.05, 0) is 37.0 Å². The summed E-state index contributed by atoms with van der Waals surface area (Å²) in [7, 11) is 0. The van der Waals surface area contributed by atoms with Crippen molar-refractivity contribution in [2.45, 2.75) is 51.6 Å². The van der Waals surface area contributed by atoms with Crippen molar-refractivity contribution < 1.29 is 9.53 Å². The molecule has 2 aromatic heterocycles. The lowest BCUT2D eigenvalue weighted by atomic mass is 10.1. The average molecular weight is 471 g/mol. The van der Waals surface area contributed by atoms with Gasteiger partial charge in [0.15, 0.2) is 5.65 Å². The summed E-state index contributed by atoms with van der Waals surface area (Å²) >= 11 is 0. The van der Waals surface area contributed by atoms with E-state index in [1.807, 2.05) is 54.1 Å². The first-order chi connectivity index (χ1) is 17.2. The molecule has 0 saturated heterocycles. The third-order valence-electron chi connectivity index (χ3n) is 6.46. The Bertz CT molecular complexity index is 1330. The van der Waals surface area contributed by atoms with E-state index in [4.69, 9.17) is 15.6 Å². The molecule has 4 aromatic rings. The molecule has 8 nitrogen and oxygen atoms in total. The van der Waals surface area contributed by atoms with Crippen molar-refractivity contribution in [3.05, 3.63) is 66.0 Å². The second kappa shape index (κ2) is 10.1. The minimum absolute atomic E-state index is 0.160. The van der Waals surface area contributed by atoms with Crippen molar-refractivity contribution in [3.63, 3.8) is 0 Å². The number of carbonyl (C=O) groups is 1. The monoisotopic (exact) mass is 470 g/mol. The minimum atomic E-state index is -0.160. The minimum Gasteiger partial charge on any atom is -0.493 e. The average Bonchev–Trinajstić information content (AvgIpc) is 3.55. The summed E-state index contributed by atoms with van der Waals surface area (Å²) < 4.78 is 7.75. The molecule has 0 spiro atoms. The highest BCUT2D eigenvalue weighted by atomic mass is 16.5. The molecule has 1 saturated carbocycles. The zero-order valence-corrected chi connectivity index (χ0v) is 19.9. The number of nitrogens with two attached hydrogens (primary N) is 1. The van der Waals surface area contributed by atoms with Gasteiger partial charge < -0.3 is 15.8 Å². The molecule has 0 aliphatic heterocycles. The summed E-state index contributed by atoms with van der Waals surface area (Å²) in [5, 5.41) is 8.72. The highest BCUT2D eigenvalue weighted by Crippen LogP contribution is 2.36. The standard InChI is InChI=1S/C27H30N6O2/c1-2-15-35-22-10-6-5-9-21(22)27(34)29-16-18-11-13-19(14-12-18)24-23-25(28)30-17-31-26(23)33(32-24)20-7-3-4-8-20/h5-6,9-14,17,20H,2-4,7-8,15-16H2,1H3,(H,29,34)(H2,28,30,31). The van der Waals surface area contributed by atoms with Crippen LogP contribution in [0.2, 0.25) is 0 Å². The van der Waals surface area contributed by atoms with E-state index in [0.29, 0.717) is 36.3 Å². The maximum atomic E-state index is 12.8.